The van der Waals surface area contributed by atoms with Crippen LogP contribution in [0, 0.1) is 5.41 Å². The van der Waals surface area contributed by atoms with E-state index in [-0.39, 0.29) is 23.4 Å². The molecular formula is C17H27N3O3. The van der Waals surface area contributed by atoms with Crippen molar-refractivity contribution in [3.63, 3.8) is 0 Å². The number of carbonyl (C=O) groups excluding carboxylic acids is 1. The Bertz CT molecular complexity index is 497. The van der Waals surface area contributed by atoms with Crippen LogP contribution >= 0.6 is 0 Å². The molecular weight excluding hydrogens is 294 g/mol. The smallest absolute Gasteiger partial charge is 0.407 e. The molecule has 0 aromatic heterocycles. The van der Waals surface area contributed by atoms with Gasteiger partial charge in [0.15, 0.2) is 0 Å². The van der Waals surface area contributed by atoms with E-state index in [1.807, 2.05) is 0 Å². The molecule has 0 saturated carbocycles. The van der Waals surface area contributed by atoms with E-state index in [0.717, 1.165) is 64.6 Å². The molecule has 3 atom stereocenters. The van der Waals surface area contributed by atoms with E-state index in [2.05, 4.69) is 10.2 Å². The first-order valence-corrected chi connectivity index (χ1v) is 9.08. The van der Waals surface area contributed by atoms with Gasteiger partial charge >= 0.3 is 6.09 Å². The van der Waals surface area contributed by atoms with Crippen LogP contribution in [0.3, 0.4) is 0 Å². The van der Waals surface area contributed by atoms with Crippen LogP contribution in [0.1, 0.15) is 51.4 Å². The maximum absolute atomic E-state index is 11.6. The number of nitrogens with one attached hydrogen (secondary N) is 1. The molecule has 3 unspecified atom stereocenters. The molecule has 6 heteroatoms. The van der Waals surface area contributed by atoms with E-state index >= 15 is 0 Å². The van der Waals surface area contributed by atoms with Gasteiger partial charge in [-0.05, 0) is 63.5 Å². The Morgan fingerprint density at radius 3 is 2.48 bits per heavy atom. The fourth-order valence-corrected chi connectivity index (χ4v) is 5.50. The van der Waals surface area contributed by atoms with Crippen LogP contribution in [-0.2, 0) is 4.79 Å². The highest BCUT2D eigenvalue weighted by atomic mass is 16.4. The highest BCUT2D eigenvalue weighted by Crippen LogP contribution is 2.41. The lowest BCUT2D eigenvalue weighted by atomic mass is 9.80. The summed E-state index contributed by atoms with van der Waals surface area (Å²) in [7, 11) is 0. The Kier molecular flexibility index (Phi) is 3.75. The highest BCUT2D eigenvalue weighted by Gasteiger charge is 2.46. The van der Waals surface area contributed by atoms with Crippen LogP contribution in [0.5, 0.6) is 0 Å². The maximum Gasteiger partial charge on any atom is 0.407 e. The van der Waals surface area contributed by atoms with Crippen molar-refractivity contribution in [1.82, 2.24) is 15.1 Å². The van der Waals surface area contributed by atoms with E-state index < -0.39 is 6.09 Å². The van der Waals surface area contributed by atoms with E-state index in [1.54, 1.807) is 4.90 Å². The molecule has 23 heavy (non-hydrogen) atoms. The van der Waals surface area contributed by atoms with Gasteiger partial charge in [0.05, 0.1) is 0 Å². The highest BCUT2D eigenvalue weighted by molar-refractivity contribution is 5.79. The van der Waals surface area contributed by atoms with Gasteiger partial charge in [-0.3, -0.25) is 4.79 Å². The molecule has 6 nitrogen and oxygen atoms in total. The first kappa shape index (κ1) is 15.2. The van der Waals surface area contributed by atoms with Crippen molar-refractivity contribution in [1.29, 1.82) is 0 Å². The average molecular weight is 321 g/mol. The minimum Gasteiger partial charge on any atom is -0.465 e. The lowest BCUT2D eigenvalue weighted by molar-refractivity contribution is -0.119. The summed E-state index contributed by atoms with van der Waals surface area (Å²) in [5.41, 5.74) is 0.187. The molecule has 1 spiro atoms. The zero-order valence-electron chi connectivity index (χ0n) is 13.7. The van der Waals surface area contributed by atoms with Gasteiger partial charge in [0.1, 0.15) is 0 Å². The van der Waals surface area contributed by atoms with Crippen molar-refractivity contribution in [3.8, 4) is 0 Å². The fraction of sp³-hybridized carbons (Fsp3) is 0.882. The number of carboxylic acid groups (broad SMARTS) is 1. The summed E-state index contributed by atoms with van der Waals surface area (Å²) in [5.74, 6) is 0.214. The van der Waals surface area contributed by atoms with E-state index in [1.165, 1.54) is 0 Å². The number of carbonyl (C=O) groups is 2. The summed E-state index contributed by atoms with van der Waals surface area (Å²) in [6.45, 7) is 3.02. The monoisotopic (exact) mass is 321 g/mol. The van der Waals surface area contributed by atoms with Crippen molar-refractivity contribution in [2.45, 2.75) is 69.5 Å². The zero-order valence-corrected chi connectivity index (χ0v) is 13.7. The molecule has 2 N–H and O–H groups in total. The van der Waals surface area contributed by atoms with Crippen LogP contribution < -0.4 is 5.32 Å². The fourth-order valence-electron chi connectivity index (χ4n) is 5.50. The molecule has 4 heterocycles. The van der Waals surface area contributed by atoms with Crippen LogP contribution in [0.15, 0.2) is 0 Å². The number of nitrogens with zero attached hydrogens (tertiary/aromatic N) is 2. The van der Waals surface area contributed by atoms with Crippen LogP contribution in [0.4, 0.5) is 4.79 Å². The molecule has 2 amide bonds. The van der Waals surface area contributed by atoms with Gasteiger partial charge in [-0.2, -0.15) is 0 Å². The summed E-state index contributed by atoms with van der Waals surface area (Å²) in [6, 6.07) is 0.981. The maximum atomic E-state index is 11.6. The first-order chi connectivity index (χ1) is 11.1. The predicted molar refractivity (Wildman–Crippen MR) is 85.2 cm³/mol. The van der Waals surface area contributed by atoms with Gasteiger partial charge < -0.3 is 20.2 Å². The third kappa shape index (κ3) is 2.71. The SMILES string of the molecule is O=C1CC2(CCCN(C3CC4CCC(C3)N4C(=O)O)CC2)CN1. The quantitative estimate of drug-likeness (QED) is 0.770. The molecule has 4 saturated heterocycles. The normalized spacial score (nSPS) is 41.1. The van der Waals surface area contributed by atoms with Crippen molar-refractivity contribution in [3.05, 3.63) is 0 Å². The lowest BCUT2D eigenvalue weighted by Gasteiger charge is -2.42. The standard InChI is InChI=1S/C17H27N3O3/c21-15-10-17(11-18-15)4-1-6-19(7-5-17)14-8-12-2-3-13(9-14)20(12)16(22)23/h12-14H,1-11H2,(H,18,21)(H,22,23). The summed E-state index contributed by atoms with van der Waals surface area (Å²) in [4.78, 5) is 27.4. The second kappa shape index (κ2) is 5.65. The number of piperidine rings is 1. The minimum absolute atomic E-state index is 0.187. The van der Waals surface area contributed by atoms with E-state index in [4.69, 9.17) is 0 Å². The molecule has 0 radical (unpaired) electrons. The van der Waals surface area contributed by atoms with Crippen molar-refractivity contribution in [2.24, 2.45) is 5.41 Å². The van der Waals surface area contributed by atoms with Gasteiger partial charge in [-0.15, -0.1) is 0 Å². The third-order valence-corrected chi connectivity index (χ3v) is 6.72. The Labute approximate surface area is 137 Å². The molecule has 4 fully saturated rings. The van der Waals surface area contributed by atoms with Gasteiger partial charge in [0.25, 0.3) is 0 Å². The second-order valence-corrected chi connectivity index (χ2v) is 8.04. The summed E-state index contributed by atoms with van der Waals surface area (Å²) >= 11 is 0. The van der Waals surface area contributed by atoms with E-state index in [0.29, 0.717) is 12.5 Å². The van der Waals surface area contributed by atoms with Crippen LogP contribution in [0.25, 0.3) is 0 Å². The molecule has 0 aromatic carbocycles. The Morgan fingerprint density at radius 2 is 1.87 bits per heavy atom. The summed E-state index contributed by atoms with van der Waals surface area (Å²) in [6.07, 6.45) is 7.41. The number of amides is 2. The van der Waals surface area contributed by atoms with Gasteiger partial charge in [-0.1, -0.05) is 0 Å². The van der Waals surface area contributed by atoms with Crippen molar-refractivity contribution >= 4 is 12.0 Å². The largest absolute Gasteiger partial charge is 0.465 e. The number of fused-ring (bicyclic) bond motifs is 2. The number of hydrogen-bond donors (Lipinski definition) is 2. The van der Waals surface area contributed by atoms with Gasteiger partial charge in [0.2, 0.25) is 5.91 Å². The Morgan fingerprint density at radius 1 is 1.13 bits per heavy atom. The van der Waals surface area contributed by atoms with Gasteiger partial charge in [-0.25, -0.2) is 4.79 Å². The van der Waals surface area contributed by atoms with Crippen LogP contribution in [0.2, 0.25) is 0 Å². The average Bonchev–Trinajstić information content (AvgIpc) is 2.91. The van der Waals surface area contributed by atoms with E-state index in [9.17, 15) is 14.7 Å². The van der Waals surface area contributed by atoms with Crippen molar-refractivity contribution < 1.29 is 14.7 Å². The number of rotatable bonds is 1. The lowest BCUT2D eigenvalue weighted by Crippen LogP contribution is -2.52. The Balaban J connectivity index is 1.40. The topological polar surface area (TPSA) is 72.9 Å². The van der Waals surface area contributed by atoms with Crippen molar-refractivity contribution in [2.75, 3.05) is 19.6 Å². The second-order valence-electron chi connectivity index (χ2n) is 8.04. The molecule has 0 aliphatic carbocycles. The zero-order chi connectivity index (χ0) is 16.0. The minimum atomic E-state index is -0.735. The van der Waals surface area contributed by atoms with Gasteiger partial charge in [0, 0.05) is 31.1 Å². The summed E-state index contributed by atoms with van der Waals surface area (Å²) < 4.78 is 0. The summed E-state index contributed by atoms with van der Waals surface area (Å²) in [5, 5.41) is 12.4. The predicted octanol–water partition coefficient (Wildman–Crippen LogP) is 1.65. The number of hydrogen-bond acceptors (Lipinski definition) is 3. The molecule has 4 aliphatic rings. The molecule has 4 rings (SSSR count). The molecule has 4 aliphatic heterocycles. The molecule has 128 valence electrons. The molecule has 0 aromatic rings. The first-order valence-electron chi connectivity index (χ1n) is 9.08. The van der Waals surface area contributed by atoms with Crippen LogP contribution in [-0.4, -0.2) is 64.7 Å². The third-order valence-electron chi connectivity index (χ3n) is 6.72. The Hall–Kier alpha value is -1.30. The number of likely N-dealkylation sites (tertiary alicyclic amines) is 1. The molecule has 2 bridgehead atoms.